The van der Waals surface area contributed by atoms with Gasteiger partial charge < -0.3 is 14.4 Å². The highest BCUT2D eigenvalue weighted by Gasteiger charge is 2.59. The van der Waals surface area contributed by atoms with Crippen LogP contribution in [0.3, 0.4) is 0 Å². The molecule has 9 heteroatoms. The van der Waals surface area contributed by atoms with Gasteiger partial charge in [0.15, 0.2) is 6.61 Å². The molecule has 0 N–H and O–H groups in total. The summed E-state index contributed by atoms with van der Waals surface area (Å²) in [6, 6.07) is 4.97. The number of ether oxygens (including phenoxy) is 2. The molecular formula is C22H22ClN3O5. The molecule has 3 amide bonds. The Morgan fingerprint density at radius 2 is 1.84 bits per heavy atom. The van der Waals surface area contributed by atoms with Crippen molar-refractivity contribution < 1.29 is 23.9 Å². The van der Waals surface area contributed by atoms with Crippen LogP contribution in [0.15, 0.2) is 35.5 Å². The molecule has 0 radical (unpaired) electrons. The van der Waals surface area contributed by atoms with Crippen LogP contribution >= 0.6 is 11.6 Å². The van der Waals surface area contributed by atoms with Crippen molar-refractivity contribution in [2.45, 2.75) is 6.42 Å². The number of carbonyl (C=O) groups excluding carboxylic acids is 3. The van der Waals surface area contributed by atoms with Crippen LogP contribution in [0, 0.1) is 23.7 Å². The fourth-order valence-corrected chi connectivity index (χ4v) is 5.13. The zero-order valence-electron chi connectivity index (χ0n) is 16.8. The van der Waals surface area contributed by atoms with Gasteiger partial charge in [-0.25, -0.2) is 0 Å². The minimum absolute atomic E-state index is 0.108. The van der Waals surface area contributed by atoms with Crippen LogP contribution in [0.1, 0.15) is 12.0 Å². The molecule has 4 atom stereocenters. The van der Waals surface area contributed by atoms with Crippen molar-refractivity contribution in [2.24, 2.45) is 28.8 Å². The summed E-state index contributed by atoms with van der Waals surface area (Å²) in [7, 11) is 0. The molecule has 4 unspecified atom stereocenters. The first-order valence-electron chi connectivity index (χ1n) is 10.4. The highest BCUT2D eigenvalue weighted by atomic mass is 35.5. The van der Waals surface area contributed by atoms with Crippen LogP contribution < -0.4 is 4.74 Å². The van der Waals surface area contributed by atoms with Crippen molar-refractivity contribution in [2.75, 3.05) is 32.9 Å². The first-order chi connectivity index (χ1) is 15.0. The quantitative estimate of drug-likeness (QED) is 0.393. The second-order valence-electron chi connectivity index (χ2n) is 8.20. The van der Waals surface area contributed by atoms with Crippen molar-refractivity contribution in [3.63, 3.8) is 0 Å². The highest BCUT2D eigenvalue weighted by molar-refractivity contribution is 6.32. The Bertz CT molecular complexity index is 957. The smallest absolute Gasteiger partial charge is 0.260 e. The molecular weight excluding hydrogens is 422 g/mol. The molecule has 31 heavy (non-hydrogen) atoms. The second kappa shape index (κ2) is 8.09. The molecule has 2 saturated heterocycles. The van der Waals surface area contributed by atoms with Crippen molar-refractivity contribution in [3.8, 4) is 5.75 Å². The summed E-state index contributed by atoms with van der Waals surface area (Å²) in [4.78, 5) is 39.2. The van der Waals surface area contributed by atoms with Crippen LogP contribution in [0.4, 0.5) is 0 Å². The number of fused-ring (bicyclic) bond motifs is 5. The molecule has 8 nitrogen and oxygen atoms in total. The number of allylic oxidation sites excluding steroid dienone is 2. The third-order valence-electron chi connectivity index (χ3n) is 6.44. The zero-order valence-corrected chi connectivity index (χ0v) is 17.5. The number of hydrogen-bond acceptors (Lipinski definition) is 6. The predicted molar refractivity (Wildman–Crippen MR) is 112 cm³/mol. The molecule has 2 aliphatic heterocycles. The fraction of sp³-hybridized carbons (Fsp3) is 0.455. The van der Waals surface area contributed by atoms with E-state index >= 15 is 0 Å². The Morgan fingerprint density at radius 3 is 2.48 bits per heavy atom. The van der Waals surface area contributed by atoms with E-state index in [1.54, 1.807) is 23.1 Å². The van der Waals surface area contributed by atoms with Gasteiger partial charge in [-0.1, -0.05) is 23.8 Å². The van der Waals surface area contributed by atoms with Crippen LogP contribution in [-0.2, 0) is 19.1 Å². The van der Waals surface area contributed by atoms with Gasteiger partial charge in [-0.3, -0.25) is 14.4 Å². The van der Waals surface area contributed by atoms with E-state index in [1.165, 1.54) is 6.21 Å². The number of imide groups is 1. The zero-order chi connectivity index (χ0) is 21.5. The van der Waals surface area contributed by atoms with E-state index in [0.717, 1.165) is 11.4 Å². The molecule has 2 bridgehead atoms. The SMILES string of the molecule is O=C(COc1ccc(C=NN2C(=O)C3C4C=CC(C4)C3C2=O)cc1Cl)N1CCOCC1. The Morgan fingerprint density at radius 1 is 1.16 bits per heavy atom. The summed E-state index contributed by atoms with van der Waals surface area (Å²) in [5.74, 6) is -0.441. The third kappa shape index (κ3) is 3.64. The van der Waals surface area contributed by atoms with Gasteiger partial charge in [0.1, 0.15) is 5.75 Å². The number of amides is 3. The van der Waals surface area contributed by atoms with Gasteiger partial charge in [0.2, 0.25) is 0 Å². The van der Waals surface area contributed by atoms with E-state index in [4.69, 9.17) is 21.1 Å². The normalized spacial score (nSPS) is 29.3. The molecule has 3 fully saturated rings. The van der Waals surface area contributed by atoms with E-state index in [1.807, 2.05) is 12.2 Å². The lowest BCUT2D eigenvalue weighted by molar-refractivity contribution is -0.140. The number of benzene rings is 1. The largest absolute Gasteiger partial charge is 0.482 e. The van der Waals surface area contributed by atoms with E-state index in [2.05, 4.69) is 5.10 Å². The molecule has 4 aliphatic rings. The first kappa shape index (κ1) is 20.2. The van der Waals surface area contributed by atoms with Gasteiger partial charge in [-0.05, 0) is 42.0 Å². The van der Waals surface area contributed by atoms with Gasteiger partial charge in [-0.2, -0.15) is 10.1 Å². The average molecular weight is 444 g/mol. The van der Waals surface area contributed by atoms with E-state index in [-0.39, 0.29) is 48.0 Å². The summed E-state index contributed by atoms with van der Waals surface area (Å²) >= 11 is 6.29. The van der Waals surface area contributed by atoms with Crippen LogP contribution in [0.25, 0.3) is 0 Å². The number of hydrogen-bond donors (Lipinski definition) is 0. The minimum Gasteiger partial charge on any atom is -0.482 e. The van der Waals surface area contributed by atoms with E-state index < -0.39 is 0 Å². The standard InChI is InChI=1S/C22H22ClN3O5/c23-16-9-13(1-4-17(16)31-12-18(27)25-5-7-30-8-6-25)11-24-26-21(28)19-14-2-3-15(10-14)20(19)22(26)29/h1-4,9,11,14-15,19-20H,5-8,10,12H2. The Balaban J connectivity index is 1.21. The van der Waals surface area contributed by atoms with Crippen LogP contribution in [-0.4, -0.2) is 66.8 Å². The topological polar surface area (TPSA) is 88.5 Å². The second-order valence-corrected chi connectivity index (χ2v) is 8.61. The lowest BCUT2D eigenvalue weighted by atomic mass is 9.85. The molecule has 1 aromatic rings. The maximum atomic E-state index is 12.7. The Kier molecular flexibility index (Phi) is 5.27. The van der Waals surface area contributed by atoms with E-state index in [0.29, 0.717) is 42.6 Å². The number of carbonyl (C=O) groups is 3. The van der Waals surface area contributed by atoms with Gasteiger partial charge in [0.25, 0.3) is 17.7 Å². The Hall–Kier alpha value is -2.71. The van der Waals surface area contributed by atoms with Gasteiger partial charge in [0.05, 0.1) is 36.3 Å². The summed E-state index contributed by atoms with van der Waals surface area (Å²) in [6.07, 6.45) is 6.43. The van der Waals surface area contributed by atoms with Crippen molar-refractivity contribution in [3.05, 3.63) is 40.9 Å². The van der Waals surface area contributed by atoms with Gasteiger partial charge in [-0.15, -0.1) is 0 Å². The lowest BCUT2D eigenvalue weighted by Gasteiger charge is -2.26. The molecule has 1 saturated carbocycles. The van der Waals surface area contributed by atoms with Crippen molar-refractivity contribution in [1.29, 1.82) is 0 Å². The summed E-state index contributed by atoms with van der Waals surface area (Å²) in [5, 5.41) is 5.47. The first-order valence-corrected chi connectivity index (χ1v) is 10.8. The molecule has 5 rings (SSSR count). The van der Waals surface area contributed by atoms with Crippen LogP contribution in [0.2, 0.25) is 5.02 Å². The fourth-order valence-electron chi connectivity index (χ4n) is 4.88. The van der Waals surface area contributed by atoms with Gasteiger partial charge in [0, 0.05) is 13.1 Å². The molecule has 2 aliphatic carbocycles. The Labute approximate surface area is 184 Å². The molecule has 0 spiro atoms. The number of rotatable bonds is 5. The molecule has 1 aromatic carbocycles. The molecule has 0 aromatic heterocycles. The molecule has 162 valence electrons. The third-order valence-corrected chi connectivity index (χ3v) is 6.74. The van der Waals surface area contributed by atoms with Crippen LogP contribution in [0.5, 0.6) is 5.75 Å². The number of morpholine rings is 1. The lowest BCUT2D eigenvalue weighted by Crippen LogP contribution is -2.43. The summed E-state index contributed by atoms with van der Waals surface area (Å²) < 4.78 is 10.8. The monoisotopic (exact) mass is 443 g/mol. The highest BCUT2D eigenvalue weighted by Crippen LogP contribution is 2.52. The minimum atomic E-state index is -0.275. The number of hydrazone groups is 1. The average Bonchev–Trinajstić information content (AvgIpc) is 3.46. The van der Waals surface area contributed by atoms with Crippen molar-refractivity contribution in [1.82, 2.24) is 9.91 Å². The maximum absolute atomic E-state index is 12.7. The van der Waals surface area contributed by atoms with Gasteiger partial charge >= 0.3 is 0 Å². The van der Waals surface area contributed by atoms with Crippen molar-refractivity contribution >= 4 is 35.5 Å². The summed E-state index contributed by atoms with van der Waals surface area (Å²) in [5.41, 5.74) is 0.621. The maximum Gasteiger partial charge on any atom is 0.260 e. The van der Waals surface area contributed by atoms with E-state index in [9.17, 15) is 14.4 Å². The predicted octanol–water partition coefficient (Wildman–Crippen LogP) is 1.72. The number of nitrogens with zero attached hydrogens (tertiary/aromatic N) is 3. The molecule has 2 heterocycles. The summed E-state index contributed by atoms with van der Waals surface area (Å²) in [6.45, 7) is 2.06. The number of halogens is 1.